The fourth-order valence-corrected chi connectivity index (χ4v) is 2.05. The predicted molar refractivity (Wildman–Crippen MR) is 95.5 cm³/mol. The van der Waals surface area contributed by atoms with Gasteiger partial charge in [-0.25, -0.2) is 5.43 Å². The molecule has 0 aromatic heterocycles. The lowest BCUT2D eigenvalue weighted by Gasteiger charge is -2.08. The second-order valence-electron chi connectivity index (χ2n) is 4.82. The number of para-hydroxylation sites is 2. The summed E-state index contributed by atoms with van der Waals surface area (Å²) in [6.45, 7) is 0. The minimum atomic E-state index is -1.03. The molecule has 2 N–H and O–H groups in total. The number of halogens is 1. The Morgan fingerprint density at radius 2 is 1.96 bits per heavy atom. The first kappa shape index (κ1) is 18.9. The van der Waals surface area contributed by atoms with E-state index in [1.807, 2.05) is 5.43 Å². The van der Waals surface area contributed by atoms with Crippen LogP contribution in [0.2, 0.25) is 5.02 Å². The van der Waals surface area contributed by atoms with E-state index >= 15 is 0 Å². The third-order valence-corrected chi connectivity index (χ3v) is 3.47. The first-order chi connectivity index (χ1) is 12.4. The number of nitro groups is 1. The Hall–Kier alpha value is -3.46. The van der Waals surface area contributed by atoms with Crippen LogP contribution in [0.4, 0.5) is 11.4 Å². The fraction of sp³-hybridized carbons (Fsp3) is 0.0625. The highest BCUT2D eigenvalue weighted by atomic mass is 35.5. The molecule has 2 aromatic rings. The Morgan fingerprint density at radius 3 is 2.65 bits per heavy atom. The van der Waals surface area contributed by atoms with Crippen molar-refractivity contribution in [1.82, 2.24) is 5.43 Å². The molecular weight excluding hydrogens is 364 g/mol. The van der Waals surface area contributed by atoms with Crippen molar-refractivity contribution in [3.05, 3.63) is 63.2 Å². The average Bonchev–Trinajstić information content (AvgIpc) is 2.63. The number of benzene rings is 2. The molecule has 0 spiro atoms. The summed E-state index contributed by atoms with van der Waals surface area (Å²) in [5.74, 6) is -1.61. The van der Waals surface area contributed by atoms with E-state index in [1.165, 1.54) is 25.3 Å². The van der Waals surface area contributed by atoms with Crippen LogP contribution in [0.1, 0.15) is 5.56 Å². The zero-order valence-electron chi connectivity index (χ0n) is 13.4. The molecule has 0 fully saturated rings. The molecule has 0 saturated heterocycles. The number of hydrazone groups is 1. The number of carbonyl (C=O) groups is 2. The number of nitrogens with one attached hydrogen (secondary N) is 2. The predicted octanol–water partition coefficient (Wildman–Crippen LogP) is 2.35. The number of amides is 2. The van der Waals surface area contributed by atoms with Gasteiger partial charge >= 0.3 is 11.8 Å². The van der Waals surface area contributed by atoms with Gasteiger partial charge in [0.05, 0.1) is 23.9 Å². The summed E-state index contributed by atoms with van der Waals surface area (Å²) >= 11 is 5.90. The highest BCUT2D eigenvalue weighted by molar-refractivity contribution is 6.39. The lowest BCUT2D eigenvalue weighted by Crippen LogP contribution is -2.32. The molecule has 26 heavy (non-hydrogen) atoms. The molecule has 0 aliphatic carbocycles. The normalized spacial score (nSPS) is 10.4. The molecule has 0 atom stereocenters. The van der Waals surface area contributed by atoms with Gasteiger partial charge in [0, 0.05) is 22.7 Å². The van der Waals surface area contributed by atoms with E-state index in [9.17, 15) is 19.7 Å². The zero-order chi connectivity index (χ0) is 19.1. The van der Waals surface area contributed by atoms with Crippen LogP contribution in [0.5, 0.6) is 5.75 Å². The molecule has 0 saturated carbocycles. The monoisotopic (exact) mass is 376 g/mol. The first-order valence-corrected chi connectivity index (χ1v) is 7.51. The van der Waals surface area contributed by atoms with Crippen LogP contribution >= 0.6 is 11.6 Å². The summed E-state index contributed by atoms with van der Waals surface area (Å²) in [6.07, 6.45) is 1.10. The van der Waals surface area contributed by atoms with Gasteiger partial charge in [0.25, 0.3) is 5.69 Å². The third-order valence-electron chi connectivity index (χ3n) is 3.12. The van der Waals surface area contributed by atoms with Crippen LogP contribution in [0.3, 0.4) is 0 Å². The lowest BCUT2D eigenvalue weighted by atomic mass is 10.2. The summed E-state index contributed by atoms with van der Waals surface area (Å²) in [4.78, 5) is 33.8. The summed E-state index contributed by atoms with van der Waals surface area (Å²) in [7, 11) is 1.43. The smallest absolute Gasteiger partial charge is 0.329 e. The van der Waals surface area contributed by atoms with Crippen LogP contribution in [0.15, 0.2) is 47.6 Å². The molecule has 0 aliphatic rings. The number of rotatable bonds is 5. The number of hydrogen-bond acceptors (Lipinski definition) is 6. The van der Waals surface area contributed by atoms with Crippen LogP contribution in [0.25, 0.3) is 0 Å². The molecule has 9 nitrogen and oxygen atoms in total. The quantitative estimate of drug-likeness (QED) is 0.359. The number of nitrogens with zero attached hydrogens (tertiary/aromatic N) is 2. The average molecular weight is 377 g/mol. The number of methoxy groups -OCH3 is 1. The Bertz CT molecular complexity index is 885. The highest BCUT2D eigenvalue weighted by Gasteiger charge is 2.15. The van der Waals surface area contributed by atoms with E-state index in [0.717, 1.165) is 6.21 Å². The highest BCUT2D eigenvalue weighted by Crippen LogP contribution is 2.23. The van der Waals surface area contributed by atoms with Gasteiger partial charge in [0.2, 0.25) is 0 Å². The molecular formula is C16H13ClN4O5. The summed E-state index contributed by atoms with van der Waals surface area (Å²) < 4.78 is 5.06. The van der Waals surface area contributed by atoms with Gasteiger partial charge in [0.1, 0.15) is 5.75 Å². The minimum absolute atomic E-state index is 0.184. The number of non-ortho nitro benzene ring substituents is 1. The topological polar surface area (TPSA) is 123 Å². The molecule has 134 valence electrons. The number of anilines is 1. The Balaban J connectivity index is 2.02. The zero-order valence-corrected chi connectivity index (χ0v) is 14.2. The van der Waals surface area contributed by atoms with Crippen LogP contribution in [-0.4, -0.2) is 30.1 Å². The van der Waals surface area contributed by atoms with Crippen LogP contribution in [0, 0.1) is 10.1 Å². The van der Waals surface area contributed by atoms with Crippen molar-refractivity contribution in [2.24, 2.45) is 5.10 Å². The Kier molecular flexibility index (Phi) is 6.23. The Morgan fingerprint density at radius 1 is 1.23 bits per heavy atom. The maximum Gasteiger partial charge on any atom is 0.329 e. The van der Waals surface area contributed by atoms with Crippen molar-refractivity contribution < 1.29 is 19.2 Å². The van der Waals surface area contributed by atoms with Crippen LogP contribution in [-0.2, 0) is 9.59 Å². The van der Waals surface area contributed by atoms with Crippen LogP contribution < -0.4 is 15.5 Å². The molecule has 2 amide bonds. The third kappa shape index (κ3) is 4.77. The molecule has 0 bridgehead atoms. The van der Waals surface area contributed by atoms with Crippen molar-refractivity contribution in [3.63, 3.8) is 0 Å². The van der Waals surface area contributed by atoms with Gasteiger partial charge in [-0.15, -0.1) is 0 Å². The van der Waals surface area contributed by atoms with Gasteiger partial charge < -0.3 is 10.1 Å². The molecule has 10 heteroatoms. The molecule has 0 radical (unpaired) electrons. The summed E-state index contributed by atoms with van der Waals surface area (Å²) in [5, 5.41) is 16.9. The van der Waals surface area contributed by atoms with Crippen molar-refractivity contribution in [2.75, 3.05) is 12.4 Å². The van der Waals surface area contributed by atoms with E-state index in [4.69, 9.17) is 16.3 Å². The van der Waals surface area contributed by atoms with E-state index in [-0.39, 0.29) is 16.3 Å². The SMILES string of the molecule is COc1ccccc1NC(=O)C(=O)N/N=C\c1cc([N+](=O)[O-])ccc1Cl. The number of carbonyl (C=O) groups excluding carboxylic acids is 2. The maximum absolute atomic E-state index is 11.9. The van der Waals surface area contributed by atoms with E-state index < -0.39 is 16.7 Å². The van der Waals surface area contributed by atoms with Crippen molar-refractivity contribution in [1.29, 1.82) is 0 Å². The van der Waals surface area contributed by atoms with Crippen molar-refractivity contribution >= 4 is 41.0 Å². The summed E-state index contributed by atoms with van der Waals surface area (Å²) in [6, 6.07) is 10.3. The number of nitro benzene ring substituents is 1. The molecule has 0 heterocycles. The van der Waals surface area contributed by atoms with E-state index in [1.54, 1.807) is 24.3 Å². The first-order valence-electron chi connectivity index (χ1n) is 7.13. The second kappa shape index (κ2) is 8.58. The van der Waals surface area contributed by atoms with Gasteiger partial charge in [0.15, 0.2) is 0 Å². The van der Waals surface area contributed by atoms with E-state index in [2.05, 4.69) is 10.4 Å². The van der Waals surface area contributed by atoms with E-state index in [0.29, 0.717) is 11.4 Å². The minimum Gasteiger partial charge on any atom is -0.495 e. The molecule has 0 aliphatic heterocycles. The van der Waals surface area contributed by atoms with Gasteiger partial charge in [-0.2, -0.15) is 5.10 Å². The Labute approximate surface area is 152 Å². The van der Waals surface area contributed by atoms with Crippen molar-refractivity contribution in [3.8, 4) is 5.75 Å². The van der Waals surface area contributed by atoms with Crippen molar-refractivity contribution in [2.45, 2.75) is 0 Å². The molecule has 2 aromatic carbocycles. The lowest BCUT2D eigenvalue weighted by molar-refractivity contribution is -0.384. The molecule has 2 rings (SSSR count). The van der Waals surface area contributed by atoms with Gasteiger partial charge in [-0.05, 0) is 18.2 Å². The number of hydrogen-bond donors (Lipinski definition) is 2. The standard InChI is InChI=1S/C16H13ClN4O5/c1-26-14-5-3-2-4-13(14)19-15(22)16(23)20-18-9-10-8-11(21(24)25)6-7-12(10)17/h2-9H,1H3,(H,19,22)(H,20,23)/b18-9-. The van der Waals surface area contributed by atoms with Gasteiger partial charge in [-0.3, -0.25) is 19.7 Å². The fourth-order valence-electron chi connectivity index (χ4n) is 1.88. The molecule has 0 unspecified atom stereocenters. The number of ether oxygens (including phenoxy) is 1. The summed E-state index contributed by atoms with van der Waals surface area (Å²) in [5.41, 5.74) is 2.36. The maximum atomic E-state index is 11.9. The van der Waals surface area contributed by atoms with Gasteiger partial charge in [-0.1, -0.05) is 23.7 Å². The second-order valence-corrected chi connectivity index (χ2v) is 5.22. The largest absolute Gasteiger partial charge is 0.495 e.